The topological polar surface area (TPSA) is 80.1 Å². The molecule has 1 saturated heterocycles. The highest BCUT2D eigenvalue weighted by Gasteiger charge is 2.17. The summed E-state index contributed by atoms with van der Waals surface area (Å²) in [6.45, 7) is 3.77. The molecule has 0 unspecified atom stereocenters. The van der Waals surface area contributed by atoms with Crippen LogP contribution in [-0.4, -0.2) is 33.8 Å². The first-order valence-electron chi connectivity index (χ1n) is 11.0. The third-order valence-corrected chi connectivity index (χ3v) is 6.11. The zero-order valence-corrected chi connectivity index (χ0v) is 18.0. The summed E-state index contributed by atoms with van der Waals surface area (Å²) < 4.78 is 1.23. The van der Waals surface area contributed by atoms with Crippen LogP contribution < -0.4 is 15.8 Å². The Hall–Kier alpha value is -3.74. The van der Waals surface area contributed by atoms with Gasteiger partial charge in [0.15, 0.2) is 0 Å². The van der Waals surface area contributed by atoms with Gasteiger partial charge in [-0.2, -0.15) is 5.10 Å². The number of nitrogens with one attached hydrogen (secondary N) is 1. The number of fused-ring (bicyclic) bond motifs is 2. The number of rotatable bonds is 4. The predicted octanol–water partition coefficient (Wildman–Crippen LogP) is 3.88. The minimum absolute atomic E-state index is 0.153. The molecule has 4 aromatic rings. The number of piperidine rings is 1. The second kappa shape index (κ2) is 8.42. The molecule has 1 N–H and O–H groups in total. The van der Waals surface area contributed by atoms with Crippen LogP contribution in [0.2, 0.25) is 0 Å². The fourth-order valence-corrected chi connectivity index (χ4v) is 4.53. The van der Waals surface area contributed by atoms with Crippen molar-refractivity contribution in [2.45, 2.75) is 32.7 Å². The van der Waals surface area contributed by atoms with Crippen LogP contribution in [-0.2, 0) is 11.3 Å². The van der Waals surface area contributed by atoms with E-state index in [2.05, 4.69) is 26.4 Å². The third kappa shape index (κ3) is 3.70. The van der Waals surface area contributed by atoms with Crippen molar-refractivity contribution in [1.82, 2.24) is 14.8 Å². The Morgan fingerprint density at radius 3 is 2.56 bits per heavy atom. The first kappa shape index (κ1) is 20.2. The first-order chi connectivity index (χ1) is 15.6. The molecule has 32 heavy (non-hydrogen) atoms. The normalized spacial score (nSPS) is 14.1. The van der Waals surface area contributed by atoms with E-state index in [-0.39, 0.29) is 18.0 Å². The van der Waals surface area contributed by atoms with Gasteiger partial charge >= 0.3 is 0 Å². The second-order valence-electron chi connectivity index (χ2n) is 8.24. The highest BCUT2D eigenvalue weighted by Crippen LogP contribution is 2.33. The number of benzene rings is 2. The lowest BCUT2D eigenvalue weighted by Crippen LogP contribution is -2.30. The van der Waals surface area contributed by atoms with E-state index in [1.54, 1.807) is 18.5 Å². The molecule has 7 heteroatoms. The number of hydrogen-bond donors (Lipinski definition) is 1. The Morgan fingerprint density at radius 1 is 0.969 bits per heavy atom. The number of carbonyl (C=O) groups is 1. The first-order valence-corrected chi connectivity index (χ1v) is 11.0. The monoisotopic (exact) mass is 427 g/mol. The molecule has 0 spiro atoms. The number of hydrogen-bond acceptors (Lipinski definition) is 5. The molecular formula is C25H25N5O2. The molecule has 1 amide bonds. The standard InChI is InChI=1S/C25H25N5O2/c1-17-18-7-3-4-8-20(18)25(32)30(28-17)16-24(31)27-22-9-10-23(29-13-5-2-6-14-29)19-11-12-26-15-21(19)22/h3-4,7-12,15H,2,5-6,13-14,16H2,1H3,(H,27,31). The number of aromatic nitrogens is 3. The second-order valence-corrected chi connectivity index (χ2v) is 8.24. The zero-order chi connectivity index (χ0) is 22.1. The lowest BCUT2D eigenvalue weighted by atomic mass is 10.1. The van der Waals surface area contributed by atoms with Crippen LogP contribution in [0.3, 0.4) is 0 Å². The molecule has 2 aromatic carbocycles. The number of pyridine rings is 1. The molecular weight excluding hydrogens is 402 g/mol. The summed E-state index contributed by atoms with van der Waals surface area (Å²) in [6, 6.07) is 13.3. The molecule has 0 atom stereocenters. The van der Waals surface area contributed by atoms with Crippen LogP contribution in [0.25, 0.3) is 21.5 Å². The molecule has 0 radical (unpaired) electrons. The summed E-state index contributed by atoms with van der Waals surface area (Å²) in [7, 11) is 0. The number of amides is 1. The van der Waals surface area contributed by atoms with E-state index in [1.807, 2.05) is 37.3 Å². The molecule has 7 nitrogen and oxygen atoms in total. The Balaban J connectivity index is 1.44. The van der Waals surface area contributed by atoms with Gasteiger partial charge in [0.2, 0.25) is 5.91 Å². The van der Waals surface area contributed by atoms with Crippen LogP contribution in [0.15, 0.2) is 59.7 Å². The fraction of sp³-hybridized carbons (Fsp3) is 0.280. The highest BCUT2D eigenvalue weighted by molar-refractivity contribution is 6.06. The minimum Gasteiger partial charge on any atom is -0.371 e. The van der Waals surface area contributed by atoms with Crippen LogP contribution in [0.4, 0.5) is 11.4 Å². The molecule has 1 aliphatic heterocycles. The number of nitrogens with zero attached hydrogens (tertiary/aromatic N) is 4. The van der Waals surface area contributed by atoms with E-state index in [1.165, 1.54) is 29.6 Å². The molecule has 1 aliphatic rings. The van der Waals surface area contributed by atoms with E-state index >= 15 is 0 Å². The lowest BCUT2D eigenvalue weighted by molar-refractivity contribution is -0.117. The maximum Gasteiger partial charge on any atom is 0.275 e. The molecule has 0 bridgehead atoms. The van der Waals surface area contributed by atoms with Gasteiger partial charge in [0, 0.05) is 47.3 Å². The summed E-state index contributed by atoms with van der Waals surface area (Å²) in [5.74, 6) is -0.301. The van der Waals surface area contributed by atoms with E-state index in [0.717, 1.165) is 29.2 Å². The van der Waals surface area contributed by atoms with Crippen LogP contribution >= 0.6 is 0 Å². The summed E-state index contributed by atoms with van der Waals surface area (Å²) in [5.41, 5.74) is 2.30. The molecule has 0 aliphatic carbocycles. The summed E-state index contributed by atoms with van der Waals surface area (Å²) in [5, 5.41) is 10.6. The van der Waals surface area contributed by atoms with Gasteiger partial charge in [-0.3, -0.25) is 14.6 Å². The van der Waals surface area contributed by atoms with Crippen LogP contribution in [0.5, 0.6) is 0 Å². The van der Waals surface area contributed by atoms with Gasteiger partial charge in [0.05, 0.1) is 16.8 Å². The Morgan fingerprint density at radius 2 is 1.75 bits per heavy atom. The van der Waals surface area contributed by atoms with Crippen molar-refractivity contribution in [1.29, 1.82) is 0 Å². The highest BCUT2D eigenvalue weighted by atomic mass is 16.2. The molecule has 0 saturated carbocycles. The van der Waals surface area contributed by atoms with E-state index in [4.69, 9.17) is 0 Å². The number of anilines is 2. The summed E-state index contributed by atoms with van der Waals surface area (Å²) in [4.78, 5) is 32.4. The number of carbonyl (C=O) groups excluding carboxylic acids is 1. The van der Waals surface area contributed by atoms with Crippen molar-refractivity contribution in [2.75, 3.05) is 23.3 Å². The molecule has 3 heterocycles. The smallest absolute Gasteiger partial charge is 0.275 e. The van der Waals surface area contributed by atoms with E-state index in [0.29, 0.717) is 16.8 Å². The lowest BCUT2D eigenvalue weighted by Gasteiger charge is -2.30. The quantitative estimate of drug-likeness (QED) is 0.535. The number of aryl methyl sites for hydroxylation is 1. The van der Waals surface area contributed by atoms with Gasteiger partial charge in [-0.1, -0.05) is 18.2 Å². The van der Waals surface area contributed by atoms with Gasteiger partial charge < -0.3 is 10.2 Å². The Bertz CT molecular complexity index is 1370. The summed E-state index contributed by atoms with van der Waals surface area (Å²) in [6.07, 6.45) is 7.22. The third-order valence-electron chi connectivity index (χ3n) is 6.11. The van der Waals surface area contributed by atoms with Crippen molar-refractivity contribution in [2.24, 2.45) is 0 Å². The van der Waals surface area contributed by atoms with E-state index < -0.39 is 0 Å². The molecule has 2 aromatic heterocycles. The zero-order valence-electron chi connectivity index (χ0n) is 18.0. The van der Waals surface area contributed by atoms with Gasteiger partial charge in [-0.15, -0.1) is 0 Å². The average molecular weight is 428 g/mol. The average Bonchev–Trinajstić information content (AvgIpc) is 2.83. The van der Waals surface area contributed by atoms with Gasteiger partial charge in [0.25, 0.3) is 5.56 Å². The SMILES string of the molecule is Cc1nn(CC(=O)Nc2ccc(N3CCCCC3)c3ccncc23)c(=O)c2ccccc12. The molecule has 5 rings (SSSR count). The van der Waals surface area contributed by atoms with Gasteiger partial charge in [0.1, 0.15) is 6.54 Å². The van der Waals surface area contributed by atoms with Crippen molar-refractivity contribution < 1.29 is 4.79 Å². The molecule has 162 valence electrons. The minimum atomic E-state index is -0.301. The van der Waals surface area contributed by atoms with Crippen LogP contribution in [0, 0.1) is 6.92 Å². The van der Waals surface area contributed by atoms with Crippen molar-refractivity contribution in [3.8, 4) is 0 Å². The predicted molar refractivity (Wildman–Crippen MR) is 127 cm³/mol. The summed E-state index contributed by atoms with van der Waals surface area (Å²) >= 11 is 0. The maximum absolute atomic E-state index is 12.9. The largest absolute Gasteiger partial charge is 0.371 e. The Kier molecular flexibility index (Phi) is 5.31. The van der Waals surface area contributed by atoms with Crippen molar-refractivity contribution in [3.05, 3.63) is 70.9 Å². The van der Waals surface area contributed by atoms with Crippen molar-refractivity contribution >= 4 is 38.8 Å². The fourth-order valence-electron chi connectivity index (χ4n) is 4.53. The Labute approximate surface area is 185 Å². The van der Waals surface area contributed by atoms with Gasteiger partial charge in [-0.05, 0) is 50.5 Å². The molecule has 1 fully saturated rings. The van der Waals surface area contributed by atoms with Crippen LogP contribution in [0.1, 0.15) is 25.0 Å². The van der Waals surface area contributed by atoms with E-state index in [9.17, 15) is 9.59 Å². The van der Waals surface area contributed by atoms with Gasteiger partial charge in [-0.25, -0.2) is 4.68 Å². The van der Waals surface area contributed by atoms with Crippen molar-refractivity contribution in [3.63, 3.8) is 0 Å². The maximum atomic E-state index is 12.9.